The number of benzene rings is 2. The SMILES string of the molecule is C=CCNC(=O)C1(Cc2cccc(-c3ccccc3)c2)CCN(C(=O)CC(C)(C)C)CC1. The second-order valence-corrected chi connectivity index (χ2v) is 10.1. The third-order valence-corrected chi connectivity index (χ3v) is 6.22. The van der Waals surface area contributed by atoms with Gasteiger partial charge >= 0.3 is 0 Å². The maximum atomic E-state index is 13.3. The Balaban J connectivity index is 1.79. The van der Waals surface area contributed by atoms with Gasteiger partial charge in [0.1, 0.15) is 0 Å². The number of carbonyl (C=O) groups excluding carboxylic acids is 2. The van der Waals surface area contributed by atoms with Crippen molar-refractivity contribution in [1.82, 2.24) is 10.2 Å². The van der Waals surface area contributed by atoms with Gasteiger partial charge in [0.25, 0.3) is 0 Å². The van der Waals surface area contributed by atoms with Crippen molar-refractivity contribution in [3.63, 3.8) is 0 Å². The van der Waals surface area contributed by atoms with E-state index in [9.17, 15) is 9.59 Å². The first kappa shape index (κ1) is 23.8. The maximum Gasteiger partial charge on any atom is 0.226 e. The number of amides is 2. The van der Waals surface area contributed by atoms with E-state index in [1.807, 2.05) is 23.1 Å². The first-order chi connectivity index (χ1) is 15.2. The minimum atomic E-state index is -0.517. The average molecular weight is 433 g/mol. The van der Waals surface area contributed by atoms with Crippen molar-refractivity contribution in [2.75, 3.05) is 19.6 Å². The Kier molecular flexibility index (Phi) is 7.55. The van der Waals surface area contributed by atoms with Gasteiger partial charge in [0.15, 0.2) is 0 Å². The lowest BCUT2D eigenvalue weighted by molar-refractivity contribution is -0.141. The molecule has 0 atom stereocenters. The summed E-state index contributed by atoms with van der Waals surface area (Å²) >= 11 is 0. The molecule has 0 aliphatic carbocycles. The van der Waals surface area contributed by atoms with E-state index in [-0.39, 0.29) is 17.2 Å². The highest BCUT2D eigenvalue weighted by atomic mass is 16.2. The quantitative estimate of drug-likeness (QED) is 0.608. The van der Waals surface area contributed by atoms with Crippen molar-refractivity contribution in [2.24, 2.45) is 10.8 Å². The van der Waals surface area contributed by atoms with Gasteiger partial charge in [-0.25, -0.2) is 0 Å². The molecule has 0 radical (unpaired) electrons. The molecule has 1 heterocycles. The fraction of sp³-hybridized carbons (Fsp3) is 0.429. The lowest BCUT2D eigenvalue weighted by Gasteiger charge is -2.41. The molecular weight excluding hydrogens is 396 g/mol. The smallest absolute Gasteiger partial charge is 0.226 e. The largest absolute Gasteiger partial charge is 0.352 e. The summed E-state index contributed by atoms with van der Waals surface area (Å²) < 4.78 is 0. The Hall–Kier alpha value is -2.88. The predicted octanol–water partition coefficient (Wildman–Crippen LogP) is 5.24. The zero-order valence-corrected chi connectivity index (χ0v) is 19.7. The van der Waals surface area contributed by atoms with Crippen molar-refractivity contribution in [3.8, 4) is 11.1 Å². The van der Waals surface area contributed by atoms with Crippen LogP contribution < -0.4 is 5.32 Å². The Labute approximate surface area is 192 Å². The van der Waals surface area contributed by atoms with Crippen LogP contribution in [0.4, 0.5) is 0 Å². The summed E-state index contributed by atoms with van der Waals surface area (Å²) in [7, 11) is 0. The zero-order valence-electron chi connectivity index (χ0n) is 19.7. The van der Waals surface area contributed by atoms with Crippen LogP contribution in [0, 0.1) is 10.8 Å². The van der Waals surface area contributed by atoms with E-state index in [0.717, 1.165) is 11.1 Å². The Morgan fingerprint density at radius 1 is 1.03 bits per heavy atom. The van der Waals surface area contributed by atoms with Crippen LogP contribution >= 0.6 is 0 Å². The number of hydrogen-bond acceptors (Lipinski definition) is 2. The number of hydrogen-bond donors (Lipinski definition) is 1. The summed E-state index contributed by atoms with van der Waals surface area (Å²) in [5.41, 5.74) is 2.92. The molecule has 1 fully saturated rings. The lowest BCUT2D eigenvalue weighted by atomic mass is 9.72. The normalized spacial score (nSPS) is 15.8. The van der Waals surface area contributed by atoms with Gasteiger partial charge < -0.3 is 10.2 Å². The highest BCUT2D eigenvalue weighted by Crippen LogP contribution is 2.37. The molecule has 2 amide bonds. The van der Waals surface area contributed by atoms with Gasteiger partial charge in [0.05, 0.1) is 5.41 Å². The second kappa shape index (κ2) is 10.2. The molecule has 0 bridgehead atoms. The van der Waals surface area contributed by atoms with Crippen LogP contribution in [-0.2, 0) is 16.0 Å². The van der Waals surface area contributed by atoms with Gasteiger partial charge in [0, 0.05) is 26.1 Å². The van der Waals surface area contributed by atoms with Crippen molar-refractivity contribution in [1.29, 1.82) is 0 Å². The van der Waals surface area contributed by atoms with E-state index in [1.165, 1.54) is 5.56 Å². The first-order valence-corrected chi connectivity index (χ1v) is 11.5. The molecule has 32 heavy (non-hydrogen) atoms. The zero-order chi connectivity index (χ0) is 23.2. The van der Waals surface area contributed by atoms with Crippen LogP contribution in [-0.4, -0.2) is 36.3 Å². The Morgan fingerprint density at radius 3 is 2.31 bits per heavy atom. The molecule has 2 aromatic rings. The van der Waals surface area contributed by atoms with Gasteiger partial charge in [-0.3, -0.25) is 9.59 Å². The van der Waals surface area contributed by atoms with Gasteiger partial charge in [-0.05, 0) is 41.4 Å². The summed E-state index contributed by atoms with van der Waals surface area (Å²) in [5, 5.41) is 3.03. The Morgan fingerprint density at radius 2 is 1.69 bits per heavy atom. The molecule has 0 unspecified atom stereocenters. The highest BCUT2D eigenvalue weighted by Gasteiger charge is 2.42. The summed E-state index contributed by atoms with van der Waals surface area (Å²) in [5.74, 6) is 0.245. The summed E-state index contributed by atoms with van der Waals surface area (Å²) in [6.45, 7) is 11.7. The van der Waals surface area contributed by atoms with Gasteiger partial charge in [-0.2, -0.15) is 0 Å². The third-order valence-electron chi connectivity index (χ3n) is 6.22. The molecule has 2 aromatic carbocycles. The molecule has 1 aliphatic rings. The van der Waals surface area contributed by atoms with Crippen LogP contribution in [0.3, 0.4) is 0 Å². The van der Waals surface area contributed by atoms with Crippen LogP contribution in [0.2, 0.25) is 0 Å². The molecule has 1 aliphatic heterocycles. The number of rotatable bonds is 7. The Bertz CT molecular complexity index is 935. The van der Waals surface area contributed by atoms with Crippen molar-refractivity contribution < 1.29 is 9.59 Å². The first-order valence-electron chi connectivity index (χ1n) is 11.5. The van der Waals surface area contributed by atoms with E-state index in [1.54, 1.807) is 6.08 Å². The number of nitrogens with zero attached hydrogens (tertiary/aromatic N) is 1. The maximum absolute atomic E-state index is 13.3. The monoisotopic (exact) mass is 432 g/mol. The summed E-state index contributed by atoms with van der Waals surface area (Å²) in [6.07, 6.45) is 4.24. The van der Waals surface area contributed by atoms with E-state index >= 15 is 0 Å². The van der Waals surface area contributed by atoms with Gasteiger partial charge in [-0.15, -0.1) is 6.58 Å². The molecular formula is C28H36N2O2. The minimum absolute atomic E-state index is 0.0369. The van der Waals surface area contributed by atoms with Crippen LogP contribution in [0.5, 0.6) is 0 Å². The van der Waals surface area contributed by atoms with E-state index < -0.39 is 5.41 Å². The molecule has 4 heteroatoms. The molecule has 1 N–H and O–H groups in total. The molecule has 170 valence electrons. The number of likely N-dealkylation sites (tertiary alicyclic amines) is 1. The second-order valence-electron chi connectivity index (χ2n) is 10.1. The van der Waals surface area contributed by atoms with Crippen LogP contribution in [0.15, 0.2) is 67.3 Å². The number of carbonyl (C=O) groups is 2. The summed E-state index contributed by atoms with van der Waals surface area (Å²) in [4.78, 5) is 28.0. The lowest BCUT2D eigenvalue weighted by Crippen LogP contribution is -2.51. The molecule has 4 nitrogen and oxygen atoms in total. The average Bonchev–Trinajstić information content (AvgIpc) is 2.77. The third kappa shape index (κ3) is 6.09. The highest BCUT2D eigenvalue weighted by molar-refractivity contribution is 5.84. The minimum Gasteiger partial charge on any atom is -0.352 e. The number of piperidine rings is 1. The van der Waals surface area contributed by atoms with Crippen molar-refractivity contribution in [3.05, 3.63) is 72.8 Å². The topological polar surface area (TPSA) is 49.4 Å². The van der Waals surface area contributed by atoms with Crippen LogP contribution in [0.25, 0.3) is 11.1 Å². The van der Waals surface area contributed by atoms with Gasteiger partial charge in [-0.1, -0.05) is 81.4 Å². The molecule has 0 spiro atoms. The molecule has 1 saturated heterocycles. The van der Waals surface area contributed by atoms with E-state index in [0.29, 0.717) is 45.3 Å². The fourth-order valence-corrected chi connectivity index (χ4v) is 4.47. The molecule has 0 aromatic heterocycles. The van der Waals surface area contributed by atoms with Crippen LogP contribution in [0.1, 0.15) is 45.6 Å². The summed E-state index contributed by atoms with van der Waals surface area (Å²) in [6, 6.07) is 18.8. The van der Waals surface area contributed by atoms with E-state index in [4.69, 9.17) is 0 Å². The predicted molar refractivity (Wildman–Crippen MR) is 131 cm³/mol. The molecule has 0 saturated carbocycles. The standard InChI is InChI=1S/C28H36N2O2/c1-5-16-29-26(32)28(14-17-30(18-15-28)25(31)21-27(2,3)4)20-22-10-9-13-24(19-22)23-11-7-6-8-12-23/h5-13,19H,1,14-18,20-21H2,2-4H3,(H,29,32). The van der Waals surface area contributed by atoms with Crippen molar-refractivity contribution >= 4 is 11.8 Å². The van der Waals surface area contributed by atoms with Gasteiger partial charge in [0.2, 0.25) is 11.8 Å². The fourth-order valence-electron chi connectivity index (χ4n) is 4.47. The number of nitrogens with one attached hydrogen (secondary N) is 1. The van der Waals surface area contributed by atoms with Crippen molar-refractivity contribution in [2.45, 2.75) is 46.5 Å². The van der Waals surface area contributed by atoms with E-state index in [2.05, 4.69) is 69.1 Å². The molecule has 3 rings (SSSR count).